The third-order valence-electron chi connectivity index (χ3n) is 4.52. The first-order chi connectivity index (χ1) is 13.1. The van der Waals surface area contributed by atoms with Gasteiger partial charge in [-0.3, -0.25) is 4.99 Å². The number of hydrogen-bond acceptors (Lipinski definition) is 4. The number of likely N-dealkylation sites (tertiary alicyclic amines) is 1. The fourth-order valence-electron chi connectivity index (χ4n) is 2.99. The van der Waals surface area contributed by atoms with Gasteiger partial charge >= 0.3 is 6.09 Å². The minimum absolute atomic E-state index is 0.259. The molecule has 1 aromatic rings. The van der Waals surface area contributed by atoms with Crippen LogP contribution in [0, 0.1) is 0 Å². The standard InChI is InChI=1S/C19H29ClN4O3/c1-4-21-18(23-15-8-11-24(12-9-15)19(25)27-3)22-10-7-14-5-6-16(26-2)13-17(14)20/h5-6,13,15H,4,7-12H2,1-3H3,(H2,21,22,23). The highest BCUT2D eigenvalue weighted by molar-refractivity contribution is 6.31. The number of carbonyl (C=O) groups excluding carboxylic acids is 1. The fourth-order valence-corrected chi connectivity index (χ4v) is 3.26. The monoisotopic (exact) mass is 396 g/mol. The Kier molecular flexibility index (Phi) is 8.51. The Morgan fingerprint density at radius 1 is 1.33 bits per heavy atom. The van der Waals surface area contributed by atoms with Gasteiger partial charge in [0.1, 0.15) is 5.75 Å². The lowest BCUT2D eigenvalue weighted by molar-refractivity contribution is 0.111. The summed E-state index contributed by atoms with van der Waals surface area (Å²) in [4.78, 5) is 18.0. The highest BCUT2D eigenvalue weighted by atomic mass is 35.5. The van der Waals surface area contributed by atoms with E-state index < -0.39 is 0 Å². The Bertz CT molecular complexity index is 646. The predicted octanol–water partition coefficient (Wildman–Crippen LogP) is 2.68. The van der Waals surface area contributed by atoms with Crippen LogP contribution in [0.4, 0.5) is 4.79 Å². The summed E-state index contributed by atoms with van der Waals surface area (Å²) in [6.07, 6.45) is 2.22. The quantitative estimate of drug-likeness (QED) is 0.571. The van der Waals surface area contributed by atoms with Gasteiger partial charge in [0.2, 0.25) is 0 Å². The van der Waals surface area contributed by atoms with Crippen LogP contribution in [0.5, 0.6) is 5.75 Å². The van der Waals surface area contributed by atoms with Crippen LogP contribution in [0.2, 0.25) is 5.02 Å². The molecule has 1 fully saturated rings. The number of benzene rings is 1. The minimum Gasteiger partial charge on any atom is -0.497 e. The van der Waals surface area contributed by atoms with Gasteiger partial charge in [-0.1, -0.05) is 17.7 Å². The Labute approximate surface area is 166 Å². The van der Waals surface area contributed by atoms with Crippen molar-refractivity contribution in [3.05, 3.63) is 28.8 Å². The molecule has 1 heterocycles. The van der Waals surface area contributed by atoms with Crippen LogP contribution in [0.3, 0.4) is 0 Å². The number of nitrogens with one attached hydrogen (secondary N) is 2. The van der Waals surface area contributed by atoms with Crippen LogP contribution in [-0.4, -0.2) is 63.4 Å². The lowest BCUT2D eigenvalue weighted by Gasteiger charge is -2.32. The van der Waals surface area contributed by atoms with E-state index in [9.17, 15) is 4.79 Å². The number of aliphatic imine (C=N–C) groups is 1. The first kappa shape index (κ1) is 21.2. The maximum Gasteiger partial charge on any atom is 0.409 e. The molecule has 1 aliphatic rings. The minimum atomic E-state index is -0.259. The topological polar surface area (TPSA) is 75.2 Å². The lowest BCUT2D eigenvalue weighted by Crippen LogP contribution is -2.49. The number of amides is 1. The van der Waals surface area contributed by atoms with Gasteiger partial charge in [-0.15, -0.1) is 0 Å². The molecule has 2 N–H and O–H groups in total. The molecule has 1 aromatic carbocycles. The van der Waals surface area contributed by atoms with Crippen molar-refractivity contribution in [1.82, 2.24) is 15.5 Å². The van der Waals surface area contributed by atoms with Gasteiger partial charge in [0.15, 0.2) is 5.96 Å². The Morgan fingerprint density at radius 2 is 2.07 bits per heavy atom. The molecule has 150 valence electrons. The zero-order chi connectivity index (χ0) is 19.6. The van der Waals surface area contributed by atoms with Crippen LogP contribution in [0.15, 0.2) is 23.2 Å². The summed E-state index contributed by atoms with van der Waals surface area (Å²) in [5.41, 5.74) is 1.04. The lowest BCUT2D eigenvalue weighted by atomic mass is 10.1. The van der Waals surface area contributed by atoms with Crippen LogP contribution in [-0.2, 0) is 11.2 Å². The molecule has 2 rings (SSSR count). The number of guanidine groups is 1. The predicted molar refractivity (Wildman–Crippen MR) is 108 cm³/mol. The molecule has 0 spiro atoms. The number of piperidine rings is 1. The van der Waals surface area contributed by atoms with Crippen LogP contribution < -0.4 is 15.4 Å². The van der Waals surface area contributed by atoms with Crippen molar-refractivity contribution in [2.75, 3.05) is 40.4 Å². The van der Waals surface area contributed by atoms with E-state index in [0.717, 1.165) is 43.1 Å². The number of hydrogen-bond donors (Lipinski definition) is 2. The van der Waals surface area contributed by atoms with Gasteiger partial charge in [-0.25, -0.2) is 4.79 Å². The van der Waals surface area contributed by atoms with E-state index >= 15 is 0 Å². The normalized spacial score (nSPS) is 15.4. The molecule has 7 nitrogen and oxygen atoms in total. The molecule has 1 aliphatic heterocycles. The van der Waals surface area contributed by atoms with E-state index in [0.29, 0.717) is 24.7 Å². The molecule has 0 aliphatic carbocycles. The summed E-state index contributed by atoms with van der Waals surface area (Å²) < 4.78 is 9.95. The molecule has 8 heteroatoms. The van der Waals surface area contributed by atoms with Crippen LogP contribution >= 0.6 is 11.6 Å². The second-order valence-electron chi connectivity index (χ2n) is 6.34. The molecule has 0 aromatic heterocycles. The summed E-state index contributed by atoms with van der Waals surface area (Å²) in [7, 11) is 3.04. The Balaban J connectivity index is 1.86. The Morgan fingerprint density at radius 3 is 2.67 bits per heavy atom. The van der Waals surface area contributed by atoms with E-state index in [4.69, 9.17) is 21.1 Å². The Hall–Kier alpha value is -2.15. The van der Waals surface area contributed by atoms with Crippen molar-refractivity contribution in [2.24, 2.45) is 4.99 Å². The summed E-state index contributed by atoms with van der Waals surface area (Å²) in [6, 6.07) is 5.98. The molecule has 0 atom stereocenters. The number of ether oxygens (including phenoxy) is 2. The number of nitrogens with zero attached hydrogens (tertiary/aromatic N) is 2. The highest BCUT2D eigenvalue weighted by Crippen LogP contribution is 2.22. The first-order valence-electron chi connectivity index (χ1n) is 9.27. The SMILES string of the molecule is CCNC(=NCCc1ccc(OC)cc1Cl)NC1CCN(C(=O)OC)CC1. The number of halogens is 1. The van der Waals surface area contributed by atoms with Gasteiger partial charge in [0, 0.05) is 37.2 Å². The molecule has 27 heavy (non-hydrogen) atoms. The van der Waals surface area contributed by atoms with E-state index in [1.165, 1.54) is 7.11 Å². The van der Waals surface area contributed by atoms with E-state index in [1.807, 2.05) is 25.1 Å². The summed E-state index contributed by atoms with van der Waals surface area (Å²) in [5.74, 6) is 1.54. The maximum atomic E-state index is 11.6. The average Bonchev–Trinajstić information content (AvgIpc) is 2.69. The van der Waals surface area contributed by atoms with Crippen molar-refractivity contribution in [3.8, 4) is 5.75 Å². The van der Waals surface area contributed by atoms with Gasteiger partial charge in [0.25, 0.3) is 0 Å². The molecule has 1 saturated heterocycles. The van der Waals surface area contributed by atoms with Crippen molar-refractivity contribution in [1.29, 1.82) is 0 Å². The summed E-state index contributed by atoms with van der Waals surface area (Å²) >= 11 is 6.29. The van der Waals surface area contributed by atoms with Gasteiger partial charge in [-0.2, -0.15) is 0 Å². The highest BCUT2D eigenvalue weighted by Gasteiger charge is 2.23. The van der Waals surface area contributed by atoms with Crippen molar-refractivity contribution in [2.45, 2.75) is 32.2 Å². The first-order valence-corrected chi connectivity index (χ1v) is 9.65. The number of methoxy groups -OCH3 is 2. The second kappa shape index (κ2) is 10.9. The maximum absolute atomic E-state index is 11.6. The fraction of sp³-hybridized carbons (Fsp3) is 0.579. The van der Waals surface area contributed by atoms with Crippen LogP contribution in [0.25, 0.3) is 0 Å². The van der Waals surface area contributed by atoms with E-state index in [1.54, 1.807) is 12.0 Å². The molecular formula is C19H29ClN4O3. The zero-order valence-corrected chi connectivity index (χ0v) is 17.0. The molecule has 0 radical (unpaired) electrons. The molecule has 0 saturated carbocycles. The van der Waals surface area contributed by atoms with Crippen molar-refractivity contribution < 1.29 is 14.3 Å². The van der Waals surface area contributed by atoms with Crippen molar-refractivity contribution in [3.63, 3.8) is 0 Å². The summed E-state index contributed by atoms with van der Waals surface area (Å²) in [6.45, 7) is 4.83. The van der Waals surface area contributed by atoms with Crippen molar-refractivity contribution >= 4 is 23.7 Å². The third-order valence-corrected chi connectivity index (χ3v) is 4.88. The number of carbonyl (C=O) groups is 1. The third kappa shape index (κ3) is 6.50. The smallest absolute Gasteiger partial charge is 0.409 e. The molecule has 0 unspecified atom stereocenters. The average molecular weight is 397 g/mol. The summed E-state index contributed by atoms with van der Waals surface area (Å²) in [5, 5.41) is 7.43. The molecule has 0 bridgehead atoms. The van der Waals surface area contributed by atoms with Gasteiger partial charge < -0.3 is 25.0 Å². The van der Waals surface area contributed by atoms with Gasteiger partial charge in [-0.05, 0) is 43.9 Å². The molecule has 1 amide bonds. The van der Waals surface area contributed by atoms with Gasteiger partial charge in [0.05, 0.1) is 14.2 Å². The number of rotatable bonds is 6. The van der Waals surface area contributed by atoms with E-state index in [2.05, 4.69) is 15.6 Å². The zero-order valence-electron chi connectivity index (χ0n) is 16.3. The second-order valence-corrected chi connectivity index (χ2v) is 6.75. The van der Waals surface area contributed by atoms with Crippen LogP contribution in [0.1, 0.15) is 25.3 Å². The largest absolute Gasteiger partial charge is 0.497 e. The van der Waals surface area contributed by atoms with E-state index in [-0.39, 0.29) is 12.1 Å². The molecular weight excluding hydrogens is 368 g/mol.